The summed E-state index contributed by atoms with van der Waals surface area (Å²) in [7, 11) is -2.04. The second-order valence-corrected chi connectivity index (χ2v) is 13.9. The standard InChI is InChI=1S/C24BF20.C7H14NO2S/c26-5-1(6(27)14(35)21(42)13(5)34)25(2-7(28)15(36)22(43)16(37)8(2)29,3-9(30)17(38)23(44)18(39)10(3)31)4-11(32)19(40)24(45)20(41)12(4)33;1-11(2,9)10-7-5-3-4-6-8/h;3-5,7H2,1-2H3/q-1;+1. The van der Waals surface area contributed by atoms with Crippen molar-refractivity contribution in [2.45, 2.75) is 19.3 Å². The van der Waals surface area contributed by atoms with Gasteiger partial charge in [0.15, 0.2) is 69.8 Å². The third-order valence-electron chi connectivity index (χ3n) is 7.76. The molecular weight excluding hydrogens is 841 g/mol. The number of rotatable bonds is 9. The maximum absolute atomic E-state index is 15.4. The zero-order valence-corrected chi connectivity index (χ0v) is 28.0. The number of nitrogens with zero attached hydrogens (tertiary/aromatic N) is 1. The van der Waals surface area contributed by atoms with Crippen LogP contribution in [0.1, 0.15) is 19.3 Å². The average Bonchev–Trinajstić information content (AvgIpc) is 3.14. The van der Waals surface area contributed by atoms with Crippen molar-refractivity contribution in [3.8, 4) is 6.07 Å². The minimum absolute atomic E-state index is 0.494. The Hall–Kier alpha value is -4.86. The average molecular weight is 855 g/mol. The molecule has 0 spiro atoms. The van der Waals surface area contributed by atoms with Crippen molar-refractivity contribution in [1.29, 1.82) is 5.26 Å². The number of nitriles is 1. The summed E-state index contributed by atoms with van der Waals surface area (Å²) < 4.78 is 310. The Balaban J connectivity index is 0.000000665. The fourth-order valence-electron chi connectivity index (χ4n) is 5.44. The van der Waals surface area contributed by atoms with Gasteiger partial charge in [-0.25, -0.2) is 87.8 Å². The van der Waals surface area contributed by atoms with Gasteiger partial charge in [0.25, 0.3) is 0 Å². The first kappa shape index (κ1) is 45.5. The van der Waals surface area contributed by atoms with E-state index in [1.165, 1.54) is 0 Å². The molecule has 56 heavy (non-hydrogen) atoms. The van der Waals surface area contributed by atoms with Crippen LogP contribution >= 0.6 is 0 Å². The van der Waals surface area contributed by atoms with Crippen LogP contribution < -0.4 is 21.9 Å². The van der Waals surface area contributed by atoms with Crippen LogP contribution in [0.15, 0.2) is 0 Å². The number of hydrogen-bond acceptors (Lipinski definition) is 3. The topological polar surface area (TPSA) is 50.1 Å². The van der Waals surface area contributed by atoms with E-state index in [0.717, 1.165) is 12.8 Å². The summed E-state index contributed by atoms with van der Waals surface area (Å²) >= 11 is 0. The molecule has 0 aliphatic carbocycles. The van der Waals surface area contributed by atoms with Gasteiger partial charge in [0, 0.05) is 6.42 Å². The summed E-state index contributed by atoms with van der Waals surface area (Å²) in [6.07, 6.45) is -1.89. The predicted molar refractivity (Wildman–Crippen MR) is 155 cm³/mol. The fourth-order valence-corrected chi connectivity index (χ4v) is 5.96. The first-order valence-corrected chi connectivity index (χ1v) is 16.7. The molecule has 4 aromatic rings. The first-order valence-electron chi connectivity index (χ1n) is 14.5. The molecule has 0 aliphatic heterocycles. The highest BCUT2D eigenvalue weighted by atomic mass is 32.3. The third kappa shape index (κ3) is 7.51. The molecule has 0 aromatic heterocycles. The molecule has 0 N–H and O–H groups in total. The van der Waals surface area contributed by atoms with Gasteiger partial charge in [-0.05, 0) is 12.8 Å². The van der Waals surface area contributed by atoms with Gasteiger partial charge < -0.3 is 0 Å². The van der Waals surface area contributed by atoms with E-state index >= 15 is 35.1 Å². The molecule has 4 aromatic carbocycles. The van der Waals surface area contributed by atoms with E-state index < -0.39 is 155 Å². The lowest BCUT2D eigenvalue weighted by Gasteiger charge is -2.44. The van der Waals surface area contributed by atoms with Crippen molar-refractivity contribution in [2.24, 2.45) is 0 Å². The van der Waals surface area contributed by atoms with Crippen molar-refractivity contribution >= 4 is 38.2 Å². The van der Waals surface area contributed by atoms with Gasteiger partial charge in [-0.2, -0.15) is 9.44 Å². The Morgan fingerprint density at radius 2 is 0.607 bits per heavy atom. The minimum Gasteiger partial charge on any atom is -0.207 e. The highest BCUT2D eigenvalue weighted by Gasteiger charge is 2.52. The molecule has 3 nitrogen and oxygen atoms in total. The summed E-state index contributed by atoms with van der Waals surface area (Å²) in [5, 5.41) is 8.18. The molecule has 0 saturated carbocycles. The van der Waals surface area contributed by atoms with Crippen molar-refractivity contribution in [1.82, 2.24) is 0 Å². The lowest BCUT2D eigenvalue weighted by molar-refractivity contribution is 0.323. The Morgan fingerprint density at radius 1 is 0.411 bits per heavy atom. The smallest absolute Gasteiger partial charge is 0.207 e. The van der Waals surface area contributed by atoms with E-state index in [2.05, 4.69) is 0 Å². The quantitative estimate of drug-likeness (QED) is 0.0447. The first-order chi connectivity index (χ1) is 25.8. The molecule has 25 heteroatoms. The molecule has 0 amide bonds. The van der Waals surface area contributed by atoms with Crippen molar-refractivity contribution in [3.05, 3.63) is 116 Å². The monoisotopic (exact) mass is 855 g/mol. The molecule has 0 heterocycles. The van der Waals surface area contributed by atoms with Gasteiger partial charge in [0.05, 0.1) is 6.07 Å². The molecule has 0 unspecified atom stereocenters. The van der Waals surface area contributed by atoms with Crippen LogP contribution in [0.2, 0.25) is 0 Å². The fraction of sp³-hybridized carbons (Fsp3) is 0.194. The number of hydrogen-bond donors (Lipinski definition) is 0. The second-order valence-electron chi connectivity index (χ2n) is 11.4. The van der Waals surface area contributed by atoms with Gasteiger partial charge in [-0.15, -0.1) is 21.9 Å². The van der Waals surface area contributed by atoms with Gasteiger partial charge in [0.2, 0.25) is 10.2 Å². The maximum atomic E-state index is 15.4. The molecule has 0 saturated heterocycles. The van der Waals surface area contributed by atoms with Gasteiger partial charge in [-0.3, -0.25) is 0 Å². The second kappa shape index (κ2) is 16.7. The highest BCUT2D eigenvalue weighted by Crippen LogP contribution is 2.30. The van der Waals surface area contributed by atoms with Crippen molar-refractivity contribution in [2.75, 3.05) is 19.1 Å². The van der Waals surface area contributed by atoms with E-state index in [4.69, 9.17) is 9.44 Å². The molecule has 0 fully saturated rings. The molecule has 4 rings (SSSR count). The predicted octanol–water partition coefficient (Wildman–Crippen LogP) is 7.22. The zero-order valence-electron chi connectivity index (χ0n) is 27.1. The van der Waals surface area contributed by atoms with Crippen LogP contribution in [0.5, 0.6) is 0 Å². The van der Waals surface area contributed by atoms with E-state index in [-0.39, 0.29) is 0 Å². The number of unbranched alkanes of at least 4 members (excludes halogenated alkanes) is 2. The largest absolute Gasteiger partial charge is 0.211 e. The van der Waals surface area contributed by atoms with E-state index in [0.29, 0.717) is 13.0 Å². The number of benzene rings is 4. The Kier molecular flexibility index (Phi) is 13.6. The SMILES string of the molecule is C[S+](C)(=O)OCCCCC#N.Fc1c(F)c(F)c([B-](c2c(F)c(F)c(F)c(F)c2F)(c2c(F)c(F)c(F)c(F)c2F)c2c(F)c(F)c(F)c(F)c2F)c(F)c1F. The molecule has 0 aliphatic rings. The Labute approximate surface area is 300 Å². The zero-order chi connectivity index (χ0) is 43.1. The summed E-state index contributed by atoms with van der Waals surface area (Å²) in [5.74, 6) is -71.4. The van der Waals surface area contributed by atoms with Crippen LogP contribution in [0.25, 0.3) is 0 Å². The van der Waals surface area contributed by atoms with E-state index in [1.807, 2.05) is 6.07 Å². The Bertz CT molecular complexity index is 1940. The molecular formula is C31H14BF20NO2S. The summed E-state index contributed by atoms with van der Waals surface area (Å²) in [5.41, 5.74) is -14.3. The van der Waals surface area contributed by atoms with Crippen LogP contribution in [-0.2, 0) is 18.6 Å². The lowest BCUT2D eigenvalue weighted by Crippen LogP contribution is -2.81. The molecule has 0 atom stereocenters. The lowest BCUT2D eigenvalue weighted by atomic mass is 9.12. The van der Waals surface area contributed by atoms with Crippen LogP contribution in [-0.4, -0.2) is 25.3 Å². The maximum Gasteiger partial charge on any atom is 0.211 e. The van der Waals surface area contributed by atoms with E-state index in [9.17, 15) is 56.9 Å². The van der Waals surface area contributed by atoms with Crippen LogP contribution in [0.3, 0.4) is 0 Å². The minimum atomic E-state index is -7.22. The van der Waals surface area contributed by atoms with Gasteiger partial charge in [-0.1, -0.05) is 4.21 Å². The molecule has 304 valence electrons. The van der Waals surface area contributed by atoms with Crippen molar-refractivity contribution < 1.29 is 96.2 Å². The summed E-state index contributed by atoms with van der Waals surface area (Å²) in [6, 6.07) is 2.04. The number of halogens is 20. The third-order valence-corrected chi connectivity index (χ3v) is 8.49. The van der Waals surface area contributed by atoms with Crippen LogP contribution in [0, 0.1) is 128 Å². The molecule has 0 radical (unpaired) electrons. The summed E-state index contributed by atoms with van der Waals surface area (Å²) in [4.78, 5) is 0. The van der Waals surface area contributed by atoms with Gasteiger partial charge >= 0.3 is 0 Å². The Morgan fingerprint density at radius 3 is 0.786 bits per heavy atom. The van der Waals surface area contributed by atoms with Gasteiger partial charge in [0.1, 0.15) is 71.8 Å². The normalized spacial score (nSPS) is 11.8. The highest BCUT2D eigenvalue weighted by molar-refractivity contribution is 7.97. The molecule has 0 bridgehead atoms. The van der Waals surface area contributed by atoms with Crippen LogP contribution in [0.4, 0.5) is 87.8 Å². The van der Waals surface area contributed by atoms with Crippen molar-refractivity contribution in [3.63, 3.8) is 0 Å². The summed E-state index contributed by atoms with van der Waals surface area (Å²) in [6.45, 7) is 0.494. The van der Waals surface area contributed by atoms with E-state index in [1.54, 1.807) is 12.5 Å².